The standard InChI is InChI=1S/C16H20N2S/c1-3-9-18-15-11-13(19-10-4-2)7-8-14(15)17-16(18)12-5-6-12/h3,7-8,11-12H,1,4-6,9-10H2,2H3. The maximum atomic E-state index is 4.82. The molecule has 0 bridgehead atoms. The summed E-state index contributed by atoms with van der Waals surface area (Å²) in [5.41, 5.74) is 2.40. The quantitative estimate of drug-likeness (QED) is 0.565. The fourth-order valence-electron chi connectivity index (χ4n) is 2.41. The van der Waals surface area contributed by atoms with E-state index in [9.17, 15) is 0 Å². The molecule has 1 aliphatic rings. The lowest BCUT2D eigenvalue weighted by Gasteiger charge is -2.06. The van der Waals surface area contributed by atoms with Gasteiger partial charge in [-0.25, -0.2) is 4.98 Å². The van der Waals surface area contributed by atoms with Crippen LogP contribution in [0.3, 0.4) is 0 Å². The molecule has 3 heteroatoms. The first kappa shape index (κ1) is 12.8. The van der Waals surface area contributed by atoms with Gasteiger partial charge in [-0.05, 0) is 43.2 Å². The number of hydrogen-bond acceptors (Lipinski definition) is 2. The smallest absolute Gasteiger partial charge is 0.113 e. The van der Waals surface area contributed by atoms with Crippen LogP contribution in [0, 0.1) is 0 Å². The molecule has 100 valence electrons. The molecule has 1 saturated carbocycles. The first-order chi connectivity index (χ1) is 9.33. The van der Waals surface area contributed by atoms with Crippen LogP contribution in [0.2, 0.25) is 0 Å². The number of imidazole rings is 1. The predicted octanol–water partition coefficient (Wildman–Crippen LogP) is 4.60. The third-order valence-electron chi connectivity index (χ3n) is 3.48. The Balaban J connectivity index is 2.03. The molecule has 2 aromatic rings. The minimum absolute atomic E-state index is 0.680. The topological polar surface area (TPSA) is 17.8 Å². The SMILES string of the molecule is C=CCn1c(C2CC2)nc2ccc(SCCC)cc21. The maximum absolute atomic E-state index is 4.82. The summed E-state index contributed by atoms with van der Waals surface area (Å²) in [6, 6.07) is 6.65. The number of thioether (sulfide) groups is 1. The molecular weight excluding hydrogens is 252 g/mol. The number of fused-ring (bicyclic) bond motifs is 1. The van der Waals surface area contributed by atoms with Crippen molar-refractivity contribution in [2.24, 2.45) is 0 Å². The first-order valence-corrected chi connectivity index (χ1v) is 8.06. The van der Waals surface area contributed by atoms with Gasteiger partial charge < -0.3 is 4.57 Å². The third kappa shape index (κ3) is 2.57. The van der Waals surface area contributed by atoms with Crippen LogP contribution in [-0.4, -0.2) is 15.3 Å². The molecule has 0 amide bonds. The van der Waals surface area contributed by atoms with Crippen LogP contribution in [0.15, 0.2) is 35.7 Å². The summed E-state index contributed by atoms with van der Waals surface area (Å²) in [6.07, 6.45) is 5.76. The molecule has 19 heavy (non-hydrogen) atoms. The lowest BCUT2D eigenvalue weighted by atomic mass is 10.3. The Labute approximate surface area is 118 Å². The second kappa shape index (κ2) is 5.41. The van der Waals surface area contributed by atoms with Crippen LogP contribution in [-0.2, 0) is 6.54 Å². The van der Waals surface area contributed by atoms with Crippen molar-refractivity contribution < 1.29 is 0 Å². The van der Waals surface area contributed by atoms with E-state index >= 15 is 0 Å². The Hall–Kier alpha value is -1.22. The lowest BCUT2D eigenvalue weighted by molar-refractivity contribution is 0.762. The first-order valence-electron chi connectivity index (χ1n) is 7.07. The largest absolute Gasteiger partial charge is 0.324 e. The number of allylic oxidation sites excluding steroid dienone is 1. The summed E-state index contributed by atoms with van der Waals surface area (Å²) >= 11 is 1.93. The van der Waals surface area contributed by atoms with Crippen LogP contribution in [0.25, 0.3) is 11.0 Å². The number of benzene rings is 1. The Morgan fingerprint density at radius 1 is 1.47 bits per heavy atom. The van der Waals surface area contributed by atoms with E-state index in [1.54, 1.807) is 0 Å². The number of hydrogen-bond donors (Lipinski definition) is 0. The molecule has 0 radical (unpaired) electrons. The van der Waals surface area contributed by atoms with Crippen molar-refractivity contribution in [3.63, 3.8) is 0 Å². The average molecular weight is 272 g/mol. The molecule has 1 aromatic heterocycles. The summed E-state index contributed by atoms with van der Waals surface area (Å²) in [6.45, 7) is 6.97. The zero-order chi connectivity index (χ0) is 13.2. The Kier molecular flexibility index (Phi) is 3.65. The molecule has 0 N–H and O–H groups in total. The van der Waals surface area contributed by atoms with Gasteiger partial charge in [-0.2, -0.15) is 0 Å². The van der Waals surface area contributed by atoms with E-state index in [-0.39, 0.29) is 0 Å². The molecule has 0 unspecified atom stereocenters. The van der Waals surface area contributed by atoms with Gasteiger partial charge >= 0.3 is 0 Å². The van der Waals surface area contributed by atoms with Crippen molar-refractivity contribution in [2.45, 2.75) is 43.5 Å². The Bertz CT molecular complexity index is 596. The van der Waals surface area contributed by atoms with Crippen LogP contribution in [0.5, 0.6) is 0 Å². The van der Waals surface area contributed by atoms with Gasteiger partial charge in [-0.3, -0.25) is 0 Å². The molecule has 3 rings (SSSR count). The molecule has 1 aromatic carbocycles. The second-order valence-corrected chi connectivity index (χ2v) is 6.31. The molecule has 0 atom stereocenters. The van der Waals surface area contributed by atoms with Crippen LogP contribution in [0.1, 0.15) is 37.9 Å². The van der Waals surface area contributed by atoms with E-state index in [4.69, 9.17) is 4.98 Å². The van der Waals surface area contributed by atoms with Gasteiger partial charge in [0.2, 0.25) is 0 Å². The van der Waals surface area contributed by atoms with Gasteiger partial charge in [0.05, 0.1) is 11.0 Å². The van der Waals surface area contributed by atoms with Gasteiger partial charge in [0.1, 0.15) is 5.82 Å². The van der Waals surface area contributed by atoms with Crippen molar-refractivity contribution in [1.82, 2.24) is 9.55 Å². The lowest BCUT2D eigenvalue weighted by Crippen LogP contribution is -2.00. The molecule has 1 heterocycles. The zero-order valence-electron chi connectivity index (χ0n) is 11.4. The van der Waals surface area contributed by atoms with Crippen molar-refractivity contribution in [3.05, 3.63) is 36.7 Å². The fourth-order valence-corrected chi connectivity index (χ4v) is 3.20. The molecule has 0 aliphatic heterocycles. The molecule has 2 nitrogen and oxygen atoms in total. The van der Waals surface area contributed by atoms with E-state index in [0.29, 0.717) is 5.92 Å². The molecule has 0 spiro atoms. The minimum Gasteiger partial charge on any atom is -0.324 e. The van der Waals surface area contributed by atoms with E-state index in [0.717, 1.165) is 12.1 Å². The van der Waals surface area contributed by atoms with E-state index in [1.165, 1.54) is 41.3 Å². The Morgan fingerprint density at radius 2 is 2.32 bits per heavy atom. The van der Waals surface area contributed by atoms with Crippen molar-refractivity contribution >= 4 is 22.8 Å². The van der Waals surface area contributed by atoms with E-state index < -0.39 is 0 Å². The summed E-state index contributed by atoms with van der Waals surface area (Å²) in [5, 5.41) is 0. The molecular formula is C16H20N2S. The van der Waals surface area contributed by atoms with Gasteiger partial charge in [-0.1, -0.05) is 13.0 Å². The van der Waals surface area contributed by atoms with E-state index in [1.807, 2.05) is 17.8 Å². The normalized spacial score (nSPS) is 15.0. The highest BCUT2D eigenvalue weighted by Gasteiger charge is 2.29. The summed E-state index contributed by atoms with van der Waals surface area (Å²) in [7, 11) is 0. The predicted molar refractivity (Wildman–Crippen MR) is 82.9 cm³/mol. The zero-order valence-corrected chi connectivity index (χ0v) is 12.2. The summed E-state index contributed by atoms with van der Waals surface area (Å²) < 4.78 is 2.34. The fraction of sp³-hybridized carbons (Fsp3) is 0.438. The van der Waals surface area contributed by atoms with Gasteiger partial charge in [-0.15, -0.1) is 18.3 Å². The average Bonchev–Trinajstić information content (AvgIpc) is 3.21. The Morgan fingerprint density at radius 3 is 3.00 bits per heavy atom. The summed E-state index contributed by atoms with van der Waals surface area (Å²) in [4.78, 5) is 6.17. The number of rotatable bonds is 6. The van der Waals surface area contributed by atoms with Crippen LogP contribution < -0.4 is 0 Å². The number of nitrogens with zero attached hydrogens (tertiary/aromatic N) is 2. The minimum atomic E-state index is 0.680. The molecule has 1 fully saturated rings. The number of aromatic nitrogens is 2. The van der Waals surface area contributed by atoms with Crippen molar-refractivity contribution in [1.29, 1.82) is 0 Å². The van der Waals surface area contributed by atoms with Crippen molar-refractivity contribution in [2.75, 3.05) is 5.75 Å². The highest BCUT2D eigenvalue weighted by Crippen LogP contribution is 2.41. The van der Waals surface area contributed by atoms with E-state index in [2.05, 4.69) is 36.3 Å². The van der Waals surface area contributed by atoms with Crippen molar-refractivity contribution in [3.8, 4) is 0 Å². The molecule has 0 saturated heterocycles. The van der Waals surface area contributed by atoms with Gasteiger partial charge in [0.25, 0.3) is 0 Å². The molecule has 1 aliphatic carbocycles. The van der Waals surface area contributed by atoms with Crippen LogP contribution >= 0.6 is 11.8 Å². The van der Waals surface area contributed by atoms with Gasteiger partial charge in [0.15, 0.2) is 0 Å². The van der Waals surface area contributed by atoms with Crippen LogP contribution in [0.4, 0.5) is 0 Å². The monoisotopic (exact) mass is 272 g/mol. The summed E-state index contributed by atoms with van der Waals surface area (Å²) in [5.74, 6) is 3.11. The highest BCUT2D eigenvalue weighted by atomic mass is 32.2. The third-order valence-corrected chi connectivity index (χ3v) is 4.68. The highest BCUT2D eigenvalue weighted by molar-refractivity contribution is 7.99. The maximum Gasteiger partial charge on any atom is 0.113 e. The second-order valence-electron chi connectivity index (χ2n) is 5.14. The van der Waals surface area contributed by atoms with Gasteiger partial charge in [0, 0.05) is 17.4 Å².